The molecule has 3 nitrogen and oxygen atoms in total. The van der Waals surface area contributed by atoms with Crippen LogP contribution in [0.1, 0.15) is 72.1 Å². The van der Waals surface area contributed by atoms with Crippen LogP contribution in [0.5, 0.6) is 0 Å². The predicted molar refractivity (Wildman–Crippen MR) is 83.8 cm³/mol. The molecule has 1 aliphatic carbocycles. The molecule has 0 N–H and O–H groups in total. The second-order valence-electron chi connectivity index (χ2n) is 6.90. The normalized spacial score (nSPS) is 36.3. The summed E-state index contributed by atoms with van der Waals surface area (Å²) in [5, 5.41) is 0. The van der Waals surface area contributed by atoms with Gasteiger partial charge in [0.15, 0.2) is 0 Å². The predicted octanol–water partition coefficient (Wildman–Crippen LogP) is 4.61. The minimum Gasteiger partial charge on any atom is -0.299 e. The Kier molecular flexibility index (Phi) is 6.00. The molecule has 0 aromatic rings. The van der Waals surface area contributed by atoms with Crippen LogP contribution in [0, 0.1) is 11.8 Å². The van der Waals surface area contributed by atoms with Gasteiger partial charge in [0.05, 0.1) is 0 Å². The number of Topliss-reactive ketones (excluding diaryl/α,β-unsaturated/α-hetero) is 1. The fourth-order valence-electron chi connectivity index (χ4n) is 3.34. The number of rotatable bonds is 7. The van der Waals surface area contributed by atoms with Crippen LogP contribution in [0.25, 0.3) is 0 Å². The van der Waals surface area contributed by atoms with Crippen LogP contribution in [0.2, 0.25) is 0 Å². The number of hydrogen-bond donors (Lipinski definition) is 0. The molecule has 0 spiro atoms. The molecule has 0 aromatic heterocycles. The van der Waals surface area contributed by atoms with Crippen LogP contribution in [0.3, 0.4) is 0 Å². The maximum Gasteiger partial charge on any atom is 0.138 e. The zero-order valence-corrected chi connectivity index (χ0v) is 13.8. The van der Waals surface area contributed by atoms with Gasteiger partial charge in [0.25, 0.3) is 0 Å². The van der Waals surface area contributed by atoms with E-state index in [0.29, 0.717) is 12.2 Å². The highest BCUT2D eigenvalue weighted by Gasteiger charge is 2.48. The Morgan fingerprint density at radius 3 is 2.81 bits per heavy atom. The van der Waals surface area contributed by atoms with Gasteiger partial charge in [-0.15, -0.1) is 0 Å². The van der Waals surface area contributed by atoms with E-state index in [1.54, 1.807) is 0 Å². The number of carbonyl (C=O) groups excluding carboxylic acids is 1. The van der Waals surface area contributed by atoms with Gasteiger partial charge in [-0.25, -0.2) is 9.78 Å². The second-order valence-corrected chi connectivity index (χ2v) is 6.90. The quantitative estimate of drug-likeness (QED) is 0.391. The summed E-state index contributed by atoms with van der Waals surface area (Å²) in [6, 6.07) is 0. The molecule has 1 saturated heterocycles. The van der Waals surface area contributed by atoms with Crippen LogP contribution >= 0.6 is 0 Å². The molecule has 3 heteroatoms. The number of carbonyl (C=O) groups is 1. The first-order valence-electron chi connectivity index (χ1n) is 8.61. The lowest BCUT2D eigenvalue weighted by Crippen LogP contribution is -2.52. The molecule has 1 heterocycles. The molecule has 0 aromatic carbocycles. The lowest BCUT2D eigenvalue weighted by Gasteiger charge is -2.45. The van der Waals surface area contributed by atoms with E-state index in [2.05, 4.69) is 19.1 Å². The largest absolute Gasteiger partial charge is 0.299 e. The second kappa shape index (κ2) is 7.55. The lowest BCUT2D eigenvalue weighted by atomic mass is 9.71. The zero-order chi connectivity index (χ0) is 15.3. The van der Waals surface area contributed by atoms with Gasteiger partial charge < -0.3 is 0 Å². The molecule has 21 heavy (non-hydrogen) atoms. The van der Waals surface area contributed by atoms with Gasteiger partial charge in [0, 0.05) is 18.3 Å². The summed E-state index contributed by atoms with van der Waals surface area (Å²) in [5.41, 5.74) is -0.435. The number of fused-ring (bicyclic) bond motifs is 2. The summed E-state index contributed by atoms with van der Waals surface area (Å²) in [6.45, 7) is 6.23. The Bertz CT molecular complexity index is 377. The highest BCUT2D eigenvalue weighted by atomic mass is 17.2. The van der Waals surface area contributed by atoms with Gasteiger partial charge in [0.2, 0.25) is 0 Å². The Balaban J connectivity index is 1.80. The van der Waals surface area contributed by atoms with E-state index in [-0.39, 0.29) is 17.9 Å². The van der Waals surface area contributed by atoms with Crippen molar-refractivity contribution in [2.75, 3.05) is 0 Å². The highest BCUT2D eigenvalue weighted by Crippen LogP contribution is 2.42. The Morgan fingerprint density at radius 2 is 2.05 bits per heavy atom. The fourth-order valence-corrected chi connectivity index (χ4v) is 3.34. The maximum absolute atomic E-state index is 12.0. The molecule has 2 fully saturated rings. The average Bonchev–Trinajstić information content (AvgIpc) is 2.47. The van der Waals surface area contributed by atoms with E-state index in [9.17, 15) is 4.79 Å². The van der Waals surface area contributed by atoms with Crippen molar-refractivity contribution in [1.29, 1.82) is 0 Å². The molecule has 0 radical (unpaired) electrons. The molecule has 1 saturated carbocycles. The van der Waals surface area contributed by atoms with Crippen molar-refractivity contribution < 1.29 is 14.6 Å². The molecular formula is C18H30O3. The summed E-state index contributed by atoms with van der Waals surface area (Å²) in [4.78, 5) is 23.2. The van der Waals surface area contributed by atoms with Crippen molar-refractivity contribution in [2.45, 2.75) is 83.8 Å². The molecule has 1 aliphatic heterocycles. The van der Waals surface area contributed by atoms with Gasteiger partial charge in [-0.05, 0) is 26.2 Å². The van der Waals surface area contributed by atoms with Crippen molar-refractivity contribution >= 4 is 5.78 Å². The van der Waals surface area contributed by atoms with Gasteiger partial charge in [-0.1, -0.05) is 51.7 Å². The first-order valence-corrected chi connectivity index (χ1v) is 8.61. The third-order valence-corrected chi connectivity index (χ3v) is 5.11. The van der Waals surface area contributed by atoms with Gasteiger partial charge in [0.1, 0.15) is 17.5 Å². The number of unbranched alkanes of at least 4 members (excludes halogenated alkanes) is 5. The van der Waals surface area contributed by atoms with E-state index < -0.39 is 5.60 Å². The number of ketones is 1. The zero-order valence-electron chi connectivity index (χ0n) is 13.8. The molecule has 2 aliphatic rings. The molecule has 4 atom stereocenters. The van der Waals surface area contributed by atoms with Crippen LogP contribution in [-0.4, -0.2) is 17.5 Å². The Labute approximate surface area is 129 Å². The van der Waals surface area contributed by atoms with E-state index >= 15 is 0 Å². The smallest absolute Gasteiger partial charge is 0.138 e. The molecule has 2 bridgehead atoms. The van der Waals surface area contributed by atoms with E-state index in [1.165, 1.54) is 32.1 Å². The summed E-state index contributed by atoms with van der Waals surface area (Å²) in [6.07, 6.45) is 13.4. The van der Waals surface area contributed by atoms with E-state index in [0.717, 1.165) is 12.8 Å². The summed E-state index contributed by atoms with van der Waals surface area (Å²) in [7, 11) is 0. The summed E-state index contributed by atoms with van der Waals surface area (Å²) in [5.74, 6) is 0.559. The standard InChI is InChI=1S/C18H30O3/c1-4-5-6-7-8-9-10-11-18(3)15-12-16(19)14(2)17(13-15)20-21-18/h10-11,14-15,17H,4-9,12-13H2,1-3H3/b11-10+/t14-,15+,17+,18-/m0/s1. The monoisotopic (exact) mass is 294 g/mol. The average molecular weight is 294 g/mol. The summed E-state index contributed by atoms with van der Waals surface area (Å²) < 4.78 is 0. The van der Waals surface area contributed by atoms with Crippen molar-refractivity contribution in [3.8, 4) is 0 Å². The maximum atomic E-state index is 12.0. The van der Waals surface area contributed by atoms with Crippen molar-refractivity contribution in [1.82, 2.24) is 0 Å². The first-order chi connectivity index (χ1) is 10.1. The Hall–Kier alpha value is -0.670. The topological polar surface area (TPSA) is 35.5 Å². The number of hydrogen-bond acceptors (Lipinski definition) is 3. The lowest BCUT2D eigenvalue weighted by molar-refractivity contribution is -0.415. The van der Waals surface area contributed by atoms with Gasteiger partial charge >= 0.3 is 0 Å². The van der Waals surface area contributed by atoms with Crippen molar-refractivity contribution in [2.24, 2.45) is 11.8 Å². The van der Waals surface area contributed by atoms with Gasteiger partial charge in [-0.3, -0.25) is 4.79 Å². The minimum atomic E-state index is -0.435. The third kappa shape index (κ3) is 4.17. The molecule has 120 valence electrons. The number of allylic oxidation sites excluding steroid dienone is 1. The molecule has 0 amide bonds. The SMILES string of the molecule is CCCCCCC/C=C/[C@]1(C)OO[C@@H]2C[C@H]1CC(=O)[C@@H]2C. The highest BCUT2D eigenvalue weighted by molar-refractivity contribution is 5.82. The minimum absolute atomic E-state index is 0.0201. The van der Waals surface area contributed by atoms with Crippen LogP contribution in [0.4, 0.5) is 0 Å². The van der Waals surface area contributed by atoms with Crippen molar-refractivity contribution in [3.05, 3.63) is 12.2 Å². The fraction of sp³-hybridized carbons (Fsp3) is 0.833. The molecule has 0 unspecified atom stereocenters. The molecule has 2 rings (SSSR count). The molecular weight excluding hydrogens is 264 g/mol. The van der Waals surface area contributed by atoms with Crippen LogP contribution < -0.4 is 0 Å². The van der Waals surface area contributed by atoms with E-state index in [1.807, 2.05) is 13.8 Å². The van der Waals surface area contributed by atoms with Gasteiger partial charge in [-0.2, -0.15) is 0 Å². The van der Waals surface area contributed by atoms with Crippen LogP contribution in [0.15, 0.2) is 12.2 Å². The third-order valence-electron chi connectivity index (χ3n) is 5.11. The van der Waals surface area contributed by atoms with Crippen LogP contribution in [-0.2, 0) is 14.6 Å². The Morgan fingerprint density at radius 1 is 1.29 bits per heavy atom. The van der Waals surface area contributed by atoms with E-state index in [4.69, 9.17) is 9.78 Å². The first kappa shape index (κ1) is 16.7. The summed E-state index contributed by atoms with van der Waals surface area (Å²) >= 11 is 0. The van der Waals surface area contributed by atoms with Crippen molar-refractivity contribution in [3.63, 3.8) is 0 Å².